The number of halogens is 1. The van der Waals surface area contributed by atoms with Crippen LogP contribution in [0.2, 0.25) is 0 Å². The molecule has 1 aromatic heterocycles. The van der Waals surface area contributed by atoms with Crippen molar-refractivity contribution in [3.8, 4) is 5.69 Å². The summed E-state index contributed by atoms with van der Waals surface area (Å²) in [5, 5.41) is 4.02. The number of likely N-dealkylation sites (N-methyl/N-ethyl adjacent to an activating group) is 1. The van der Waals surface area contributed by atoms with Crippen molar-refractivity contribution in [1.82, 2.24) is 14.7 Å². The van der Waals surface area contributed by atoms with Crippen LogP contribution in [0.4, 0.5) is 4.39 Å². The zero-order valence-electron chi connectivity index (χ0n) is 14.1. The van der Waals surface area contributed by atoms with Crippen LogP contribution in [0.1, 0.15) is 24.3 Å². The molecule has 0 aliphatic rings. The van der Waals surface area contributed by atoms with E-state index >= 15 is 0 Å². The van der Waals surface area contributed by atoms with E-state index in [9.17, 15) is 18.8 Å². The summed E-state index contributed by atoms with van der Waals surface area (Å²) in [5.41, 5.74) is -0.172. The summed E-state index contributed by atoms with van der Waals surface area (Å²) in [6, 6.07) is 6.79. The van der Waals surface area contributed by atoms with Gasteiger partial charge in [-0.3, -0.25) is 9.59 Å². The van der Waals surface area contributed by atoms with Gasteiger partial charge in [-0.05, 0) is 44.2 Å². The smallest absolute Gasteiger partial charge is 0.328 e. The minimum atomic E-state index is -0.805. The second kappa shape index (κ2) is 7.69. The summed E-state index contributed by atoms with van der Waals surface area (Å²) in [5.74, 6) is -1.53. The lowest BCUT2D eigenvalue weighted by atomic mass is 10.2. The van der Waals surface area contributed by atoms with E-state index in [1.165, 1.54) is 55.3 Å². The molecule has 8 heteroatoms. The largest absolute Gasteiger partial charge is 0.464 e. The molecule has 2 aromatic rings. The van der Waals surface area contributed by atoms with Crippen molar-refractivity contribution in [2.75, 3.05) is 13.7 Å². The van der Waals surface area contributed by atoms with E-state index in [4.69, 9.17) is 4.74 Å². The SMILES string of the molecule is CCOC(=O)C(C)N(C)C(=O)c1ccc(=O)n(-c2ccc(F)cc2)n1. The number of ether oxygens (including phenoxy) is 1. The van der Waals surface area contributed by atoms with Gasteiger partial charge in [0.05, 0.1) is 12.3 Å². The number of aromatic nitrogens is 2. The Hall–Kier alpha value is -3.03. The van der Waals surface area contributed by atoms with E-state index in [0.717, 1.165) is 4.68 Å². The molecule has 0 bridgehead atoms. The van der Waals surface area contributed by atoms with E-state index in [1.807, 2.05) is 0 Å². The minimum Gasteiger partial charge on any atom is -0.464 e. The van der Waals surface area contributed by atoms with Crippen LogP contribution in [0.25, 0.3) is 5.69 Å². The summed E-state index contributed by atoms with van der Waals surface area (Å²) in [7, 11) is 1.44. The molecule has 0 saturated carbocycles. The second-order valence-electron chi connectivity index (χ2n) is 5.29. The highest BCUT2D eigenvalue weighted by Gasteiger charge is 2.25. The predicted molar refractivity (Wildman–Crippen MR) is 88.0 cm³/mol. The molecule has 1 aromatic carbocycles. The fraction of sp³-hybridized carbons (Fsp3) is 0.294. The Morgan fingerprint density at radius 1 is 1.24 bits per heavy atom. The minimum absolute atomic E-state index is 0.0254. The number of esters is 1. The van der Waals surface area contributed by atoms with Crippen LogP contribution in [0.5, 0.6) is 0 Å². The average molecular weight is 347 g/mol. The summed E-state index contributed by atoms with van der Waals surface area (Å²) in [4.78, 5) is 37.5. The lowest BCUT2D eigenvalue weighted by Crippen LogP contribution is -2.42. The molecule has 1 amide bonds. The normalized spacial score (nSPS) is 11.7. The van der Waals surface area contributed by atoms with E-state index in [1.54, 1.807) is 6.92 Å². The van der Waals surface area contributed by atoms with Gasteiger partial charge in [-0.1, -0.05) is 0 Å². The van der Waals surface area contributed by atoms with E-state index < -0.39 is 29.3 Å². The van der Waals surface area contributed by atoms with E-state index in [2.05, 4.69) is 5.10 Å². The number of hydrogen-bond acceptors (Lipinski definition) is 5. The number of carbonyl (C=O) groups is 2. The molecule has 2 rings (SSSR count). The number of carbonyl (C=O) groups excluding carboxylic acids is 2. The molecule has 0 radical (unpaired) electrons. The van der Waals surface area contributed by atoms with Crippen LogP contribution in [-0.4, -0.2) is 46.3 Å². The van der Waals surface area contributed by atoms with Crippen molar-refractivity contribution >= 4 is 11.9 Å². The Morgan fingerprint density at radius 3 is 2.48 bits per heavy atom. The molecule has 132 valence electrons. The van der Waals surface area contributed by atoms with Crippen molar-refractivity contribution < 1.29 is 18.7 Å². The van der Waals surface area contributed by atoms with Gasteiger partial charge in [0, 0.05) is 13.1 Å². The monoisotopic (exact) mass is 347 g/mol. The fourth-order valence-electron chi connectivity index (χ4n) is 2.07. The maximum atomic E-state index is 13.0. The first-order chi connectivity index (χ1) is 11.8. The third-order valence-corrected chi connectivity index (χ3v) is 3.62. The van der Waals surface area contributed by atoms with Gasteiger partial charge in [0.25, 0.3) is 11.5 Å². The summed E-state index contributed by atoms with van der Waals surface area (Å²) in [6.45, 7) is 3.41. The Labute approximate surface area is 143 Å². The fourth-order valence-corrected chi connectivity index (χ4v) is 2.07. The third kappa shape index (κ3) is 4.09. The van der Waals surface area contributed by atoms with Gasteiger partial charge in [0.2, 0.25) is 0 Å². The highest BCUT2D eigenvalue weighted by Crippen LogP contribution is 2.08. The standard InChI is InChI=1S/C17H18FN3O4/c1-4-25-17(24)11(2)20(3)16(23)14-9-10-15(22)21(19-14)13-7-5-12(18)6-8-13/h5-11H,4H2,1-3H3. The molecule has 1 atom stereocenters. The second-order valence-corrected chi connectivity index (χ2v) is 5.29. The highest BCUT2D eigenvalue weighted by molar-refractivity contribution is 5.94. The van der Waals surface area contributed by atoms with Crippen molar-refractivity contribution in [1.29, 1.82) is 0 Å². The van der Waals surface area contributed by atoms with Gasteiger partial charge in [-0.2, -0.15) is 9.78 Å². The number of benzene rings is 1. The Bertz CT molecular complexity index is 833. The number of nitrogens with zero attached hydrogens (tertiary/aromatic N) is 3. The molecule has 0 spiro atoms. The Morgan fingerprint density at radius 2 is 1.88 bits per heavy atom. The van der Waals surface area contributed by atoms with Crippen molar-refractivity contribution in [2.24, 2.45) is 0 Å². The van der Waals surface area contributed by atoms with Crippen LogP contribution in [0.3, 0.4) is 0 Å². The van der Waals surface area contributed by atoms with Crippen LogP contribution in [0, 0.1) is 5.82 Å². The average Bonchev–Trinajstić information content (AvgIpc) is 2.61. The molecule has 25 heavy (non-hydrogen) atoms. The summed E-state index contributed by atoms with van der Waals surface area (Å²) in [6.07, 6.45) is 0. The first-order valence-electron chi connectivity index (χ1n) is 7.65. The van der Waals surface area contributed by atoms with Crippen molar-refractivity contribution in [3.05, 3.63) is 58.3 Å². The predicted octanol–water partition coefficient (Wildman–Crippen LogP) is 1.40. The molecule has 0 N–H and O–H groups in total. The van der Waals surface area contributed by atoms with Crippen molar-refractivity contribution in [2.45, 2.75) is 19.9 Å². The summed E-state index contributed by atoms with van der Waals surface area (Å²) < 4.78 is 18.9. The molecule has 0 aliphatic heterocycles. The molecule has 7 nitrogen and oxygen atoms in total. The Balaban J connectivity index is 2.32. The number of rotatable bonds is 5. The van der Waals surface area contributed by atoms with Crippen molar-refractivity contribution in [3.63, 3.8) is 0 Å². The van der Waals surface area contributed by atoms with Gasteiger partial charge in [0.15, 0.2) is 0 Å². The van der Waals surface area contributed by atoms with Crippen LogP contribution in [-0.2, 0) is 9.53 Å². The molecular weight excluding hydrogens is 329 g/mol. The number of hydrogen-bond donors (Lipinski definition) is 0. The maximum absolute atomic E-state index is 13.0. The molecule has 1 unspecified atom stereocenters. The first-order valence-corrected chi connectivity index (χ1v) is 7.65. The lowest BCUT2D eigenvalue weighted by molar-refractivity contribution is -0.147. The molecule has 1 heterocycles. The van der Waals surface area contributed by atoms with Gasteiger partial charge < -0.3 is 9.64 Å². The van der Waals surface area contributed by atoms with Crippen LogP contribution in [0.15, 0.2) is 41.2 Å². The van der Waals surface area contributed by atoms with Gasteiger partial charge in [-0.15, -0.1) is 0 Å². The van der Waals surface area contributed by atoms with E-state index in [0.29, 0.717) is 5.69 Å². The lowest BCUT2D eigenvalue weighted by Gasteiger charge is -2.23. The van der Waals surface area contributed by atoms with E-state index in [-0.39, 0.29) is 12.3 Å². The summed E-state index contributed by atoms with van der Waals surface area (Å²) >= 11 is 0. The molecule has 0 aliphatic carbocycles. The van der Waals surface area contributed by atoms with Gasteiger partial charge in [-0.25, -0.2) is 9.18 Å². The molecule has 0 saturated heterocycles. The quantitative estimate of drug-likeness (QED) is 0.764. The first kappa shape index (κ1) is 18.3. The maximum Gasteiger partial charge on any atom is 0.328 e. The zero-order chi connectivity index (χ0) is 18.6. The molecular formula is C17H18FN3O4. The number of amides is 1. The van der Waals surface area contributed by atoms with Crippen LogP contribution < -0.4 is 5.56 Å². The Kier molecular flexibility index (Phi) is 5.63. The van der Waals surface area contributed by atoms with Crippen LogP contribution >= 0.6 is 0 Å². The van der Waals surface area contributed by atoms with Gasteiger partial charge >= 0.3 is 5.97 Å². The third-order valence-electron chi connectivity index (χ3n) is 3.62. The van der Waals surface area contributed by atoms with Gasteiger partial charge in [0.1, 0.15) is 17.6 Å². The highest BCUT2D eigenvalue weighted by atomic mass is 19.1. The zero-order valence-corrected chi connectivity index (χ0v) is 14.1. The topological polar surface area (TPSA) is 81.5 Å². The molecule has 0 fully saturated rings.